The molecule has 2 aliphatic rings. The second-order valence-electron chi connectivity index (χ2n) is 6.59. The maximum Gasteiger partial charge on any atom is 0.0666 e. The van der Waals surface area contributed by atoms with Crippen molar-refractivity contribution in [3.05, 3.63) is 0 Å². The molecule has 0 radical (unpaired) electrons. The zero-order chi connectivity index (χ0) is 13.7. The van der Waals surface area contributed by atoms with E-state index in [1.165, 1.54) is 51.7 Å². The van der Waals surface area contributed by atoms with Crippen LogP contribution in [-0.4, -0.2) is 48.8 Å². The molecule has 0 amide bonds. The van der Waals surface area contributed by atoms with Crippen molar-refractivity contribution in [2.45, 2.75) is 77.0 Å². The summed E-state index contributed by atoms with van der Waals surface area (Å²) in [4.78, 5) is 2.74. The number of hydrogen-bond acceptors (Lipinski definition) is 3. The van der Waals surface area contributed by atoms with Crippen LogP contribution in [0.2, 0.25) is 0 Å². The van der Waals surface area contributed by atoms with Crippen LogP contribution in [0.25, 0.3) is 0 Å². The highest BCUT2D eigenvalue weighted by Crippen LogP contribution is 2.30. The number of rotatable bonds is 6. The van der Waals surface area contributed by atoms with Crippen LogP contribution in [-0.2, 0) is 4.74 Å². The third-order valence-corrected chi connectivity index (χ3v) is 4.96. The molecule has 2 rings (SSSR count). The molecular formula is C16H32N2O. The zero-order valence-corrected chi connectivity index (χ0v) is 13.1. The third-order valence-electron chi connectivity index (χ3n) is 4.96. The van der Waals surface area contributed by atoms with Gasteiger partial charge >= 0.3 is 0 Å². The van der Waals surface area contributed by atoms with E-state index in [0.29, 0.717) is 0 Å². The van der Waals surface area contributed by atoms with E-state index in [1.54, 1.807) is 0 Å². The van der Waals surface area contributed by atoms with Gasteiger partial charge in [0.25, 0.3) is 0 Å². The van der Waals surface area contributed by atoms with Gasteiger partial charge in [-0.3, -0.25) is 4.90 Å². The lowest BCUT2D eigenvalue weighted by Crippen LogP contribution is -2.50. The second-order valence-corrected chi connectivity index (χ2v) is 6.59. The van der Waals surface area contributed by atoms with Gasteiger partial charge in [-0.05, 0) is 58.5 Å². The average Bonchev–Trinajstić information content (AvgIpc) is 2.91. The first-order valence-corrected chi connectivity index (χ1v) is 8.28. The first kappa shape index (κ1) is 15.3. The normalized spacial score (nSPS) is 36.0. The monoisotopic (exact) mass is 268 g/mol. The average molecular weight is 268 g/mol. The molecule has 2 fully saturated rings. The molecule has 19 heavy (non-hydrogen) atoms. The number of hydrogen-bond donors (Lipinski definition) is 1. The molecular weight excluding hydrogens is 236 g/mol. The molecule has 3 heteroatoms. The molecule has 3 atom stereocenters. The Balaban J connectivity index is 1.93. The van der Waals surface area contributed by atoms with E-state index in [-0.39, 0.29) is 5.60 Å². The van der Waals surface area contributed by atoms with Gasteiger partial charge in [0, 0.05) is 25.2 Å². The van der Waals surface area contributed by atoms with E-state index in [0.717, 1.165) is 25.1 Å². The first-order valence-electron chi connectivity index (χ1n) is 8.28. The van der Waals surface area contributed by atoms with Crippen LogP contribution in [0.4, 0.5) is 0 Å². The van der Waals surface area contributed by atoms with Gasteiger partial charge in [-0.1, -0.05) is 13.8 Å². The van der Waals surface area contributed by atoms with Crippen molar-refractivity contribution >= 4 is 0 Å². The Kier molecular flexibility index (Phi) is 5.67. The highest BCUT2D eigenvalue weighted by Gasteiger charge is 2.35. The Labute approximate surface area is 119 Å². The van der Waals surface area contributed by atoms with E-state index in [4.69, 9.17) is 4.74 Å². The third kappa shape index (κ3) is 4.17. The number of nitrogens with one attached hydrogen (secondary N) is 1. The maximum absolute atomic E-state index is 6.00. The summed E-state index contributed by atoms with van der Waals surface area (Å²) in [7, 11) is 0. The predicted octanol–water partition coefficient (Wildman–Crippen LogP) is 2.80. The summed E-state index contributed by atoms with van der Waals surface area (Å²) < 4.78 is 6.00. The lowest BCUT2D eigenvalue weighted by Gasteiger charge is -2.43. The van der Waals surface area contributed by atoms with Crippen LogP contribution in [0.15, 0.2) is 0 Å². The molecule has 2 heterocycles. The molecule has 0 aliphatic carbocycles. The van der Waals surface area contributed by atoms with E-state index >= 15 is 0 Å². The van der Waals surface area contributed by atoms with Crippen molar-refractivity contribution in [3.8, 4) is 0 Å². The van der Waals surface area contributed by atoms with Gasteiger partial charge in [0.05, 0.1) is 5.60 Å². The fourth-order valence-corrected chi connectivity index (χ4v) is 3.56. The molecule has 2 aliphatic heterocycles. The van der Waals surface area contributed by atoms with Crippen LogP contribution in [0, 0.1) is 0 Å². The molecule has 3 nitrogen and oxygen atoms in total. The highest BCUT2D eigenvalue weighted by atomic mass is 16.5. The molecule has 0 aromatic rings. The van der Waals surface area contributed by atoms with Crippen LogP contribution in [0.1, 0.15) is 59.3 Å². The molecule has 112 valence electrons. The molecule has 0 saturated carbocycles. The van der Waals surface area contributed by atoms with Gasteiger partial charge < -0.3 is 10.1 Å². The van der Waals surface area contributed by atoms with Crippen molar-refractivity contribution in [1.29, 1.82) is 0 Å². The first-order chi connectivity index (χ1) is 9.17. The van der Waals surface area contributed by atoms with Crippen LogP contribution >= 0.6 is 0 Å². The molecule has 0 bridgehead atoms. The van der Waals surface area contributed by atoms with Gasteiger partial charge in [-0.25, -0.2) is 0 Å². The Bertz CT molecular complexity index is 265. The smallest absolute Gasteiger partial charge is 0.0666 e. The van der Waals surface area contributed by atoms with Crippen LogP contribution in [0.3, 0.4) is 0 Å². The number of nitrogens with zero attached hydrogens (tertiary/aromatic N) is 1. The van der Waals surface area contributed by atoms with Crippen LogP contribution in [0.5, 0.6) is 0 Å². The SMILES string of the molecule is CCCN(CC1CCCN1)C1CCOC(C)(CC)C1. The standard InChI is InChI=1S/C16H32N2O/c1-4-10-18(13-14-7-6-9-17-14)15-8-11-19-16(3,5-2)12-15/h14-15,17H,4-13H2,1-3H3. The van der Waals surface area contributed by atoms with Gasteiger partial charge in [0.15, 0.2) is 0 Å². The molecule has 0 spiro atoms. The number of ether oxygens (including phenoxy) is 1. The Morgan fingerprint density at radius 3 is 2.79 bits per heavy atom. The minimum Gasteiger partial charge on any atom is -0.375 e. The van der Waals surface area contributed by atoms with Crippen molar-refractivity contribution in [3.63, 3.8) is 0 Å². The summed E-state index contributed by atoms with van der Waals surface area (Å²) in [6.07, 6.45) is 7.51. The summed E-state index contributed by atoms with van der Waals surface area (Å²) in [6.45, 7) is 11.5. The Morgan fingerprint density at radius 1 is 1.32 bits per heavy atom. The topological polar surface area (TPSA) is 24.5 Å². The van der Waals surface area contributed by atoms with Crippen molar-refractivity contribution in [2.24, 2.45) is 0 Å². The fourth-order valence-electron chi connectivity index (χ4n) is 3.56. The molecule has 0 aromatic heterocycles. The van der Waals surface area contributed by atoms with E-state index < -0.39 is 0 Å². The van der Waals surface area contributed by atoms with Gasteiger partial charge in [-0.2, -0.15) is 0 Å². The minimum absolute atomic E-state index is 0.109. The van der Waals surface area contributed by atoms with Gasteiger partial charge in [-0.15, -0.1) is 0 Å². The largest absolute Gasteiger partial charge is 0.375 e. The maximum atomic E-state index is 6.00. The highest BCUT2D eigenvalue weighted by molar-refractivity contribution is 4.89. The minimum atomic E-state index is 0.109. The summed E-state index contributed by atoms with van der Waals surface area (Å²) in [5.41, 5.74) is 0.109. The summed E-state index contributed by atoms with van der Waals surface area (Å²) in [5.74, 6) is 0. The predicted molar refractivity (Wildman–Crippen MR) is 80.6 cm³/mol. The molecule has 2 saturated heterocycles. The van der Waals surface area contributed by atoms with Crippen molar-refractivity contribution < 1.29 is 4.74 Å². The lowest BCUT2D eigenvalue weighted by molar-refractivity contribution is -0.0972. The van der Waals surface area contributed by atoms with Gasteiger partial charge in [0.2, 0.25) is 0 Å². The summed E-state index contributed by atoms with van der Waals surface area (Å²) >= 11 is 0. The Morgan fingerprint density at radius 2 is 2.16 bits per heavy atom. The van der Waals surface area contributed by atoms with E-state index in [2.05, 4.69) is 31.0 Å². The second kappa shape index (κ2) is 7.05. The molecule has 1 N–H and O–H groups in total. The summed E-state index contributed by atoms with van der Waals surface area (Å²) in [5, 5.41) is 3.65. The quantitative estimate of drug-likeness (QED) is 0.801. The zero-order valence-electron chi connectivity index (χ0n) is 13.1. The van der Waals surface area contributed by atoms with Crippen molar-refractivity contribution in [2.75, 3.05) is 26.2 Å². The van der Waals surface area contributed by atoms with E-state index in [1.807, 2.05) is 0 Å². The van der Waals surface area contributed by atoms with Crippen molar-refractivity contribution in [1.82, 2.24) is 10.2 Å². The van der Waals surface area contributed by atoms with E-state index in [9.17, 15) is 0 Å². The van der Waals surface area contributed by atoms with Crippen LogP contribution < -0.4 is 5.32 Å². The fraction of sp³-hybridized carbons (Fsp3) is 1.00. The summed E-state index contributed by atoms with van der Waals surface area (Å²) in [6, 6.07) is 1.45. The van der Waals surface area contributed by atoms with Gasteiger partial charge in [0.1, 0.15) is 0 Å². The Hall–Kier alpha value is -0.120. The molecule has 0 aromatic carbocycles. The molecule has 3 unspecified atom stereocenters. The lowest BCUT2D eigenvalue weighted by atomic mass is 9.88.